The minimum Gasteiger partial charge on any atom is -0.200 e. The van der Waals surface area contributed by atoms with Crippen molar-refractivity contribution < 1.29 is 4.57 Å². The lowest BCUT2D eigenvalue weighted by molar-refractivity contribution is -0.659. The smallest absolute Gasteiger partial charge is 0.200 e. The van der Waals surface area contributed by atoms with E-state index < -0.39 is 0 Å². The van der Waals surface area contributed by atoms with Crippen LogP contribution in [0.1, 0.15) is 98.3 Å². The first-order chi connectivity index (χ1) is 16.1. The number of aryl methyl sites for hydroxylation is 2. The molecule has 1 atom stereocenters. The van der Waals surface area contributed by atoms with Gasteiger partial charge in [-0.3, -0.25) is 0 Å². The summed E-state index contributed by atoms with van der Waals surface area (Å²) < 4.78 is 2.36. The number of rotatable bonds is 3. The van der Waals surface area contributed by atoms with E-state index in [1.165, 1.54) is 97.4 Å². The fourth-order valence-corrected chi connectivity index (χ4v) is 7.55. The molecule has 1 heterocycles. The van der Waals surface area contributed by atoms with Crippen molar-refractivity contribution in [3.05, 3.63) is 64.8 Å². The number of nitrogens with zero attached hydrogens (tertiary/aromatic N) is 1. The van der Waals surface area contributed by atoms with Crippen molar-refractivity contribution >= 4 is 10.8 Å². The van der Waals surface area contributed by atoms with Crippen molar-refractivity contribution in [1.82, 2.24) is 0 Å². The minimum absolute atomic E-state index is 0.741. The zero-order valence-electron chi connectivity index (χ0n) is 20.9. The van der Waals surface area contributed by atoms with E-state index in [1.807, 2.05) is 0 Å². The summed E-state index contributed by atoms with van der Waals surface area (Å²) in [4.78, 5) is 0. The van der Waals surface area contributed by atoms with Crippen LogP contribution in [-0.4, -0.2) is 0 Å². The molecule has 0 N–H and O–H groups in total. The third-order valence-electron chi connectivity index (χ3n) is 9.66. The highest BCUT2D eigenvalue weighted by Gasteiger charge is 2.36. The van der Waals surface area contributed by atoms with Crippen LogP contribution >= 0.6 is 0 Å². The van der Waals surface area contributed by atoms with Gasteiger partial charge in [-0.15, -0.1) is 0 Å². The SMILES string of the molecule is Cc1cc(C2CCCCC2)cc(-c2c3ccc(C4CC5CCC4CC5)cc3cc[n+]2C)c1C. The maximum absolute atomic E-state index is 2.54. The molecule has 4 saturated carbocycles. The largest absolute Gasteiger partial charge is 0.220 e. The molecule has 33 heavy (non-hydrogen) atoms. The highest BCUT2D eigenvalue weighted by atomic mass is 14.9. The Balaban J connectivity index is 1.44. The number of pyridine rings is 1. The molecule has 0 amide bonds. The summed E-state index contributed by atoms with van der Waals surface area (Å²) >= 11 is 0. The Morgan fingerprint density at radius 2 is 1.58 bits per heavy atom. The fourth-order valence-electron chi connectivity index (χ4n) is 7.55. The molecule has 4 fully saturated rings. The number of benzene rings is 2. The van der Waals surface area contributed by atoms with E-state index in [9.17, 15) is 0 Å². The first-order valence-electron chi connectivity index (χ1n) is 13.6. The summed E-state index contributed by atoms with van der Waals surface area (Å²) in [5.41, 5.74) is 8.88. The predicted molar refractivity (Wildman–Crippen MR) is 139 cm³/mol. The molecule has 4 aliphatic rings. The molecular weight excluding hydrogens is 398 g/mol. The first-order valence-corrected chi connectivity index (χ1v) is 13.6. The first kappa shape index (κ1) is 21.4. The summed E-state index contributed by atoms with van der Waals surface area (Å²) in [5, 5.41) is 2.83. The number of fused-ring (bicyclic) bond motifs is 4. The fraction of sp³-hybridized carbons (Fsp3) is 0.531. The van der Waals surface area contributed by atoms with E-state index >= 15 is 0 Å². The maximum Gasteiger partial charge on any atom is 0.220 e. The Hall–Kier alpha value is -2.15. The van der Waals surface area contributed by atoms with Gasteiger partial charge in [-0.1, -0.05) is 50.3 Å². The van der Waals surface area contributed by atoms with E-state index in [2.05, 4.69) is 68.1 Å². The molecular formula is C32H40N+. The van der Waals surface area contributed by atoms with Crippen LogP contribution in [0.25, 0.3) is 22.0 Å². The van der Waals surface area contributed by atoms with E-state index in [1.54, 1.807) is 11.1 Å². The standard InChI is InChI=1S/C32H40N/c1-21-17-28(24-7-5-4-6-8-24)20-30(22(21)2)32-29-14-13-26(19-27(29)15-16-33(32)3)31-18-23-9-11-25(31)12-10-23/h13-17,19-20,23-25,31H,4-12,18H2,1-3H3/q+1. The number of hydrogen-bond donors (Lipinski definition) is 0. The van der Waals surface area contributed by atoms with Crippen LogP contribution in [0.2, 0.25) is 0 Å². The highest BCUT2D eigenvalue weighted by molar-refractivity contribution is 5.94. The van der Waals surface area contributed by atoms with Gasteiger partial charge in [-0.2, -0.15) is 0 Å². The average molecular weight is 439 g/mol. The second-order valence-electron chi connectivity index (χ2n) is 11.6. The Morgan fingerprint density at radius 1 is 0.788 bits per heavy atom. The van der Waals surface area contributed by atoms with Gasteiger partial charge in [-0.25, -0.2) is 4.57 Å². The van der Waals surface area contributed by atoms with Crippen molar-refractivity contribution in [2.24, 2.45) is 18.9 Å². The van der Waals surface area contributed by atoms with Gasteiger partial charge < -0.3 is 0 Å². The summed E-state index contributed by atoms with van der Waals surface area (Å²) in [6, 6.07) is 14.8. The molecule has 0 saturated heterocycles. The van der Waals surface area contributed by atoms with Crippen molar-refractivity contribution in [3.63, 3.8) is 0 Å². The monoisotopic (exact) mass is 438 g/mol. The molecule has 1 heteroatoms. The average Bonchev–Trinajstić information content (AvgIpc) is 2.87. The lowest BCUT2D eigenvalue weighted by Crippen LogP contribution is -2.31. The van der Waals surface area contributed by atoms with Crippen molar-refractivity contribution in [2.45, 2.75) is 89.9 Å². The molecule has 7 rings (SSSR count). The zero-order chi connectivity index (χ0) is 22.5. The molecule has 0 spiro atoms. The Labute approximate surface area is 200 Å². The Morgan fingerprint density at radius 3 is 2.30 bits per heavy atom. The third-order valence-corrected chi connectivity index (χ3v) is 9.66. The summed E-state index contributed by atoms with van der Waals surface area (Å²) in [7, 11) is 2.23. The van der Waals surface area contributed by atoms with Crippen LogP contribution in [-0.2, 0) is 7.05 Å². The molecule has 4 aliphatic carbocycles. The van der Waals surface area contributed by atoms with Crippen LogP contribution in [0.3, 0.4) is 0 Å². The van der Waals surface area contributed by atoms with Gasteiger partial charge in [-0.05, 0) is 109 Å². The van der Waals surface area contributed by atoms with Gasteiger partial charge in [0.25, 0.3) is 0 Å². The molecule has 1 unspecified atom stereocenters. The second-order valence-corrected chi connectivity index (χ2v) is 11.6. The van der Waals surface area contributed by atoms with Crippen LogP contribution in [0, 0.1) is 25.7 Å². The van der Waals surface area contributed by atoms with Gasteiger partial charge in [0.1, 0.15) is 7.05 Å². The summed E-state index contributed by atoms with van der Waals surface area (Å²) in [6.45, 7) is 4.63. The van der Waals surface area contributed by atoms with Gasteiger partial charge >= 0.3 is 0 Å². The van der Waals surface area contributed by atoms with Crippen molar-refractivity contribution in [1.29, 1.82) is 0 Å². The highest BCUT2D eigenvalue weighted by Crippen LogP contribution is 2.50. The lowest BCUT2D eigenvalue weighted by atomic mass is 9.63. The lowest BCUT2D eigenvalue weighted by Gasteiger charge is -2.42. The topological polar surface area (TPSA) is 3.88 Å². The molecule has 1 nitrogen and oxygen atoms in total. The number of aromatic nitrogens is 1. The van der Waals surface area contributed by atoms with Crippen LogP contribution < -0.4 is 4.57 Å². The van der Waals surface area contributed by atoms with E-state index in [0.29, 0.717) is 0 Å². The normalized spacial score (nSPS) is 25.6. The molecule has 1 aromatic heterocycles. The molecule has 2 bridgehead atoms. The molecule has 0 aliphatic heterocycles. The van der Waals surface area contributed by atoms with Crippen molar-refractivity contribution in [3.8, 4) is 11.3 Å². The van der Waals surface area contributed by atoms with Crippen molar-refractivity contribution in [2.75, 3.05) is 0 Å². The van der Waals surface area contributed by atoms with E-state index in [0.717, 1.165) is 23.7 Å². The van der Waals surface area contributed by atoms with Gasteiger partial charge in [0.15, 0.2) is 6.20 Å². The third kappa shape index (κ3) is 3.82. The van der Waals surface area contributed by atoms with E-state index in [4.69, 9.17) is 0 Å². The summed E-state index contributed by atoms with van der Waals surface area (Å²) in [5.74, 6) is 3.43. The Kier molecular flexibility index (Phi) is 5.55. The predicted octanol–water partition coefficient (Wildman–Crippen LogP) is 8.29. The van der Waals surface area contributed by atoms with Gasteiger partial charge in [0.05, 0.1) is 10.9 Å². The Bertz CT molecular complexity index is 1170. The second kappa shape index (κ2) is 8.57. The number of hydrogen-bond acceptors (Lipinski definition) is 0. The summed E-state index contributed by atoms with van der Waals surface area (Å²) in [6.07, 6.45) is 16.5. The molecule has 2 aromatic carbocycles. The van der Waals surface area contributed by atoms with Gasteiger partial charge in [0.2, 0.25) is 5.69 Å². The quantitative estimate of drug-likeness (QED) is 0.362. The van der Waals surface area contributed by atoms with Gasteiger partial charge in [0, 0.05) is 6.07 Å². The molecule has 172 valence electrons. The molecule has 3 aromatic rings. The molecule has 0 radical (unpaired) electrons. The van der Waals surface area contributed by atoms with E-state index in [-0.39, 0.29) is 0 Å². The van der Waals surface area contributed by atoms with Crippen LogP contribution in [0.4, 0.5) is 0 Å². The van der Waals surface area contributed by atoms with Crippen LogP contribution in [0.5, 0.6) is 0 Å². The zero-order valence-corrected chi connectivity index (χ0v) is 20.9. The van der Waals surface area contributed by atoms with Crippen LogP contribution in [0.15, 0.2) is 42.6 Å². The minimum atomic E-state index is 0.741. The maximum atomic E-state index is 2.54.